The Bertz CT molecular complexity index is 851. The maximum absolute atomic E-state index is 12.4. The summed E-state index contributed by atoms with van der Waals surface area (Å²) < 4.78 is 12.4. The number of hydrogen-bond donors (Lipinski definition) is 0. The average Bonchev–Trinajstić information content (AvgIpc) is 2.96. The van der Waals surface area contributed by atoms with Crippen molar-refractivity contribution >= 4 is 0 Å². The SMILES string of the molecule is CCCCCCC1CCC(c2ccc(CCc3ccc(C4CCC(CCCCF)CC4)cc3)cc2)CC1. The lowest BCUT2D eigenvalue weighted by atomic mass is 9.77. The number of halogens is 1. The third kappa shape index (κ3) is 9.26. The van der Waals surface area contributed by atoms with Gasteiger partial charge in [0, 0.05) is 0 Å². The first-order chi connectivity index (χ1) is 18.2. The van der Waals surface area contributed by atoms with Gasteiger partial charge in [0.2, 0.25) is 0 Å². The lowest BCUT2D eigenvalue weighted by Gasteiger charge is -2.29. The van der Waals surface area contributed by atoms with Crippen LogP contribution in [-0.4, -0.2) is 6.67 Å². The maximum atomic E-state index is 12.4. The van der Waals surface area contributed by atoms with Crippen LogP contribution < -0.4 is 0 Å². The van der Waals surface area contributed by atoms with Gasteiger partial charge in [-0.2, -0.15) is 0 Å². The van der Waals surface area contributed by atoms with Crippen molar-refractivity contribution < 1.29 is 4.39 Å². The van der Waals surface area contributed by atoms with E-state index in [1.54, 1.807) is 5.56 Å². The molecule has 2 aromatic rings. The standard InChI is InChI=1S/C36H53F/c1-2-3-4-5-8-29-12-20-33(21-13-29)35-24-16-31(17-25-35)10-11-32-18-26-36(27-19-32)34-22-14-30(15-23-34)9-6-7-28-37/h16-19,24-27,29-30,33-34H,2-15,20-23,28H2,1H3. The second-order valence-electron chi connectivity index (χ2n) is 12.5. The Labute approximate surface area is 227 Å². The van der Waals surface area contributed by atoms with E-state index in [1.165, 1.54) is 107 Å². The van der Waals surface area contributed by atoms with Crippen molar-refractivity contribution in [1.29, 1.82) is 0 Å². The molecule has 0 spiro atoms. The van der Waals surface area contributed by atoms with Gasteiger partial charge in [0.25, 0.3) is 0 Å². The Morgan fingerprint density at radius 3 is 1.38 bits per heavy atom. The summed E-state index contributed by atoms with van der Waals surface area (Å²) in [7, 11) is 0. The van der Waals surface area contributed by atoms with Gasteiger partial charge < -0.3 is 0 Å². The highest BCUT2D eigenvalue weighted by Gasteiger charge is 2.23. The van der Waals surface area contributed by atoms with E-state index >= 15 is 0 Å². The molecule has 4 rings (SSSR count). The van der Waals surface area contributed by atoms with E-state index in [4.69, 9.17) is 0 Å². The molecular weight excluding hydrogens is 451 g/mol. The van der Waals surface area contributed by atoms with Crippen LogP contribution in [0.2, 0.25) is 0 Å². The number of aryl methyl sites for hydroxylation is 2. The predicted molar refractivity (Wildman–Crippen MR) is 158 cm³/mol. The summed E-state index contributed by atoms with van der Waals surface area (Å²) >= 11 is 0. The van der Waals surface area contributed by atoms with Crippen LogP contribution in [0, 0.1) is 11.8 Å². The van der Waals surface area contributed by atoms with Crippen LogP contribution >= 0.6 is 0 Å². The molecule has 2 aliphatic carbocycles. The lowest BCUT2D eigenvalue weighted by Crippen LogP contribution is -2.13. The van der Waals surface area contributed by atoms with Gasteiger partial charge in [-0.05, 0) is 117 Å². The molecule has 0 aliphatic heterocycles. The van der Waals surface area contributed by atoms with Crippen LogP contribution in [0.15, 0.2) is 48.5 Å². The molecule has 0 unspecified atom stereocenters. The molecule has 2 fully saturated rings. The third-order valence-electron chi connectivity index (χ3n) is 9.76. The maximum Gasteiger partial charge on any atom is 0.0894 e. The van der Waals surface area contributed by atoms with Crippen LogP contribution in [0.4, 0.5) is 4.39 Å². The van der Waals surface area contributed by atoms with Crippen molar-refractivity contribution in [3.05, 3.63) is 70.8 Å². The van der Waals surface area contributed by atoms with E-state index in [0.717, 1.165) is 49.4 Å². The molecule has 1 heteroatoms. The summed E-state index contributed by atoms with van der Waals surface area (Å²) in [5, 5.41) is 0. The zero-order chi connectivity index (χ0) is 25.7. The highest BCUT2D eigenvalue weighted by molar-refractivity contribution is 5.29. The minimum atomic E-state index is -0.146. The van der Waals surface area contributed by atoms with Gasteiger partial charge in [-0.25, -0.2) is 0 Å². The van der Waals surface area contributed by atoms with E-state index in [9.17, 15) is 4.39 Å². The summed E-state index contributed by atoms with van der Waals surface area (Å²) in [6.07, 6.45) is 23.4. The van der Waals surface area contributed by atoms with Gasteiger partial charge in [0.1, 0.15) is 0 Å². The molecule has 37 heavy (non-hydrogen) atoms. The molecule has 2 aromatic carbocycles. The van der Waals surface area contributed by atoms with Crippen molar-refractivity contribution in [1.82, 2.24) is 0 Å². The van der Waals surface area contributed by atoms with Gasteiger partial charge in [0.15, 0.2) is 0 Å². The number of hydrogen-bond acceptors (Lipinski definition) is 0. The molecule has 0 atom stereocenters. The lowest BCUT2D eigenvalue weighted by molar-refractivity contribution is 0.298. The first-order valence-electron chi connectivity index (χ1n) is 16.0. The van der Waals surface area contributed by atoms with Crippen LogP contribution in [-0.2, 0) is 12.8 Å². The molecule has 0 radical (unpaired) electrons. The normalized spacial score (nSPS) is 24.3. The average molecular weight is 505 g/mol. The second-order valence-corrected chi connectivity index (χ2v) is 12.5. The van der Waals surface area contributed by atoms with Crippen molar-refractivity contribution in [2.24, 2.45) is 11.8 Å². The zero-order valence-electron chi connectivity index (χ0n) is 23.7. The molecule has 0 bridgehead atoms. The minimum absolute atomic E-state index is 0.146. The first kappa shape index (κ1) is 28.4. The van der Waals surface area contributed by atoms with Gasteiger partial charge >= 0.3 is 0 Å². The Morgan fingerprint density at radius 2 is 0.973 bits per heavy atom. The monoisotopic (exact) mass is 504 g/mol. The number of benzene rings is 2. The number of unbranched alkanes of at least 4 members (excludes halogenated alkanes) is 4. The van der Waals surface area contributed by atoms with Crippen LogP contribution in [0.25, 0.3) is 0 Å². The molecule has 2 aliphatic rings. The summed E-state index contributed by atoms with van der Waals surface area (Å²) in [4.78, 5) is 0. The molecule has 0 heterocycles. The molecule has 0 amide bonds. The van der Waals surface area contributed by atoms with Gasteiger partial charge in [-0.3, -0.25) is 4.39 Å². The predicted octanol–water partition coefficient (Wildman–Crippen LogP) is 11.1. The minimum Gasteiger partial charge on any atom is -0.251 e. The summed E-state index contributed by atoms with van der Waals surface area (Å²) in [5.74, 6) is 3.35. The number of rotatable bonds is 14. The van der Waals surface area contributed by atoms with Crippen molar-refractivity contribution in [2.45, 2.75) is 134 Å². The first-order valence-corrected chi connectivity index (χ1v) is 16.0. The van der Waals surface area contributed by atoms with E-state index in [1.807, 2.05) is 0 Å². The fraction of sp³-hybridized carbons (Fsp3) is 0.667. The third-order valence-corrected chi connectivity index (χ3v) is 9.76. The Morgan fingerprint density at radius 1 is 0.541 bits per heavy atom. The molecule has 0 aromatic heterocycles. The zero-order valence-corrected chi connectivity index (χ0v) is 23.7. The van der Waals surface area contributed by atoms with Gasteiger partial charge in [0.05, 0.1) is 6.67 Å². The summed E-state index contributed by atoms with van der Waals surface area (Å²) in [6, 6.07) is 19.2. The summed E-state index contributed by atoms with van der Waals surface area (Å²) in [6.45, 7) is 2.16. The second kappa shape index (κ2) is 15.7. The van der Waals surface area contributed by atoms with Crippen LogP contribution in [0.1, 0.15) is 144 Å². The quantitative estimate of drug-likeness (QED) is 0.224. The molecular formula is C36H53F. The Hall–Kier alpha value is -1.63. The summed E-state index contributed by atoms with van der Waals surface area (Å²) in [5.41, 5.74) is 6.05. The largest absolute Gasteiger partial charge is 0.251 e. The molecule has 0 N–H and O–H groups in total. The topological polar surface area (TPSA) is 0 Å². The van der Waals surface area contributed by atoms with Crippen molar-refractivity contribution in [3.63, 3.8) is 0 Å². The molecule has 2 saturated carbocycles. The van der Waals surface area contributed by atoms with Crippen LogP contribution in [0.5, 0.6) is 0 Å². The fourth-order valence-electron chi connectivity index (χ4n) is 7.16. The van der Waals surface area contributed by atoms with Crippen LogP contribution in [0.3, 0.4) is 0 Å². The highest BCUT2D eigenvalue weighted by Crippen LogP contribution is 2.39. The smallest absolute Gasteiger partial charge is 0.0894 e. The van der Waals surface area contributed by atoms with Crippen molar-refractivity contribution in [2.75, 3.05) is 6.67 Å². The van der Waals surface area contributed by atoms with Crippen molar-refractivity contribution in [3.8, 4) is 0 Å². The van der Waals surface area contributed by atoms with E-state index < -0.39 is 0 Å². The fourth-order valence-corrected chi connectivity index (χ4v) is 7.16. The Balaban J connectivity index is 1.16. The molecule has 0 saturated heterocycles. The van der Waals surface area contributed by atoms with Gasteiger partial charge in [-0.15, -0.1) is 0 Å². The van der Waals surface area contributed by atoms with E-state index in [-0.39, 0.29) is 6.67 Å². The van der Waals surface area contributed by atoms with E-state index in [2.05, 4.69) is 55.5 Å². The number of alkyl halides is 1. The molecule has 204 valence electrons. The highest BCUT2D eigenvalue weighted by atomic mass is 19.1. The van der Waals surface area contributed by atoms with Gasteiger partial charge in [-0.1, -0.05) is 100 Å². The molecule has 0 nitrogen and oxygen atoms in total. The Kier molecular flexibility index (Phi) is 12.0. The van der Waals surface area contributed by atoms with E-state index in [0.29, 0.717) is 0 Å².